The van der Waals surface area contributed by atoms with Crippen LogP contribution in [-0.2, 0) is 4.79 Å². The molecule has 0 spiro atoms. The van der Waals surface area contributed by atoms with Crippen LogP contribution in [0.2, 0.25) is 0 Å². The summed E-state index contributed by atoms with van der Waals surface area (Å²) in [6.45, 7) is 0. The van der Waals surface area contributed by atoms with Crippen molar-refractivity contribution in [3.8, 4) is 5.75 Å². The number of hydrogen-bond donors (Lipinski definition) is 3. The number of phenolic OH excluding ortho intramolecular Hbond substituents is 1. The number of amides is 1. The van der Waals surface area contributed by atoms with Crippen LogP contribution in [0.1, 0.15) is 24.4 Å². The lowest BCUT2D eigenvalue weighted by Crippen LogP contribution is -2.34. The quantitative estimate of drug-likeness (QED) is 0.708. The van der Waals surface area contributed by atoms with E-state index in [1.807, 2.05) is 0 Å². The molecule has 1 saturated carbocycles. The minimum atomic E-state index is -0.742. The normalized spacial score (nSPS) is 17.1. The predicted molar refractivity (Wildman–Crippen MR) is 56.2 cm³/mol. The topological polar surface area (TPSA) is 75.4 Å². The summed E-state index contributed by atoms with van der Waals surface area (Å²) in [5.41, 5.74) is 5.60. The number of nitrogens with two attached hydrogens (primary N) is 1. The molecule has 0 radical (unpaired) electrons. The third-order valence-electron chi connectivity index (χ3n) is 2.50. The van der Waals surface area contributed by atoms with Gasteiger partial charge in [0.25, 0.3) is 0 Å². The fourth-order valence-corrected chi connectivity index (χ4v) is 1.59. The van der Waals surface area contributed by atoms with Crippen LogP contribution in [0.15, 0.2) is 18.2 Å². The molecule has 16 heavy (non-hydrogen) atoms. The van der Waals surface area contributed by atoms with Crippen LogP contribution in [0.25, 0.3) is 0 Å². The molecule has 1 aliphatic rings. The van der Waals surface area contributed by atoms with E-state index in [2.05, 4.69) is 5.32 Å². The molecule has 0 heterocycles. The lowest BCUT2D eigenvalue weighted by Gasteiger charge is -2.15. The standard InChI is InChI=1S/C11H13FN2O2/c12-7-3-6(4-9(15)5-7)10(11(13)16)14-8-1-2-8/h3-5,8,10,14-15H,1-2H2,(H2,13,16). The second-order valence-corrected chi connectivity index (χ2v) is 4.02. The monoisotopic (exact) mass is 224 g/mol. The lowest BCUT2D eigenvalue weighted by atomic mass is 10.1. The molecule has 1 amide bonds. The number of carbonyl (C=O) groups excluding carboxylic acids is 1. The number of primary amides is 1. The molecule has 1 aromatic carbocycles. The zero-order chi connectivity index (χ0) is 11.7. The molecule has 1 fully saturated rings. The summed E-state index contributed by atoms with van der Waals surface area (Å²) >= 11 is 0. The van der Waals surface area contributed by atoms with Gasteiger partial charge < -0.3 is 10.8 Å². The Bertz CT molecular complexity index is 398. The molecular formula is C11H13FN2O2. The summed E-state index contributed by atoms with van der Waals surface area (Å²) in [4.78, 5) is 11.2. The molecule has 86 valence electrons. The summed E-state index contributed by atoms with van der Waals surface area (Å²) in [6.07, 6.45) is 1.98. The van der Waals surface area contributed by atoms with Gasteiger partial charge >= 0.3 is 0 Å². The first-order valence-electron chi connectivity index (χ1n) is 5.11. The minimum Gasteiger partial charge on any atom is -0.508 e. The van der Waals surface area contributed by atoms with E-state index in [1.54, 1.807) is 0 Å². The molecule has 0 saturated heterocycles. The van der Waals surface area contributed by atoms with Gasteiger partial charge in [0.1, 0.15) is 17.6 Å². The van der Waals surface area contributed by atoms with Crippen molar-refractivity contribution in [1.82, 2.24) is 5.32 Å². The van der Waals surface area contributed by atoms with E-state index in [9.17, 15) is 14.3 Å². The van der Waals surface area contributed by atoms with E-state index in [4.69, 9.17) is 5.73 Å². The van der Waals surface area contributed by atoms with Crippen molar-refractivity contribution in [2.75, 3.05) is 0 Å². The number of hydrogen-bond acceptors (Lipinski definition) is 3. The van der Waals surface area contributed by atoms with Gasteiger partial charge in [0.15, 0.2) is 0 Å². The van der Waals surface area contributed by atoms with Crippen molar-refractivity contribution < 1.29 is 14.3 Å². The number of rotatable bonds is 4. The Kier molecular flexibility index (Phi) is 2.78. The average Bonchev–Trinajstić information content (AvgIpc) is 2.95. The van der Waals surface area contributed by atoms with Crippen molar-refractivity contribution in [2.45, 2.75) is 24.9 Å². The van der Waals surface area contributed by atoms with E-state index in [0.29, 0.717) is 5.56 Å². The summed E-state index contributed by atoms with van der Waals surface area (Å²) in [5, 5.41) is 12.3. The van der Waals surface area contributed by atoms with Gasteiger partial charge in [0, 0.05) is 12.1 Å². The van der Waals surface area contributed by atoms with Gasteiger partial charge in [-0.3, -0.25) is 10.1 Å². The summed E-state index contributed by atoms with van der Waals surface area (Å²) in [5.74, 6) is -1.37. The molecule has 5 heteroatoms. The minimum absolute atomic E-state index is 0.209. The lowest BCUT2D eigenvalue weighted by molar-refractivity contribution is -0.120. The van der Waals surface area contributed by atoms with Crippen molar-refractivity contribution in [1.29, 1.82) is 0 Å². The Morgan fingerprint density at radius 1 is 1.50 bits per heavy atom. The Morgan fingerprint density at radius 3 is 2.69 bits per heavy atom. The predicted octanol–water partition coefficient (Wildman–Crippen LogP) is 0.810. The third kappa shape index (κ3) is 2.49. The number of halogens is 1. The zero-order valence-corrected chi connectivity index (χ0v) is 8.61. The molecular weight excluding hydrogens is 211 g/mol. The van der Waals surface area contributed by atoms with Gasteiger partial charge in [-0.25, -0.2) is 4.39 Å². The molecule has 0 aromatic heterocycles. The van der Waals surface area contributed by atoms with Gasteiger partial charge in [-0.1, -0.05) is 0 Å². The van der Waals surface area contributed by atoms with E-state index < -0.39 is 17.8 Å². The summed E-state index contributed by atoms with van der Waals surface area (Å²) in [7, 11) is 0. The Balaban J connectivity index is 2.25. The second kappa shape index (κ2) is 4.09. The van der Waals surface area contributed by atoms with Gasteiger partial charge in [0.05, 0.1) is 0 Å². The van der Waals surface area contributed by atoms with Crippen LogP contribution in [-0.4, -0.2) is 17.1 Å². The van der Waals surface area contributed by atoms with Crippen LogP contribution in [0.3, 0.4) is 0 Å². The molecule has 1 unspecified atom stereocenters. The van der Waals surface area contributed by atoms with E-state index >= 15 is 0 Å². The molecule has 1 atom stereocenters. The van der Waals surface area contributed by atoms with Crippen LogP contribution in [0.5, 0.6) is 5.75 Å². The highest BCUT2D eigenvalue weighted by molar-refractivity contribution is 5.81. The largest absolute Gasteiger partial charge is 0.508 e. The smallest absolute Gasteiger partial charge is 0.239 e. The van der Waals surface area contributed by atoms with Gasteiger partial charge in [-0.05, 0) is 30.5 Å². The first-order chi connectivity index (χ1) is 7.56. The first kappa shape index (κ1) is 10.9. The van der Waals surface area contributed by atoms with Gasteiger partial charge in [0.2, 0.25) is 5.91 Å². The molecule has 4 N–H and O–H groups in total. The zero-order valence-electron chi connectivity index (χ0n) is 8.61. The second-order valence-electron chi connectivity index (χ2n) is 4.02. The molecule has 2 rings (SSSR count). The van der Waals surface area contributed by atoms with E-state index in [1.165, 1.54) is 12.1 Å². The first-order valence-corrected chi connectivity index (χ1v) is 5.11. The van der Waals surface area contributed by atoms with E-state index in [0.717, 1.165) is 18.9 Å². The molecule has 0 aliphatic heterocycles. The van der Waals surface area contributed by atoms with Gasteiger partial charge in [-0.2, -0.15) is 0 Å². The van der Waals surface area contributed by atoms with Gasteiger partial charge in [-0.15, -0.1) is 0 Å². The average molecular weight is 224 g/mol. The molecule has 4 nitrogen and oxygen atoms in total. The SMILES string of the molecule is NC(=O)C(NC1CC1)c1cc(O)cc(F)c1. The summed E-state index contributed by atoms with van der Waals surface area (Å²) in [6, 6.07) is 3.05. The van der Waals surface area contributed by atoms with Crippen molar-refractivity contribution in [2.24, 2.45) is 5.73 Å². The fraction of sp³-hybridized carbons (Fsp3) is 0.364. The summed E-state index contributed by atoms with van der Waals surface area (Å²) < 4.78 is 13.1. The highest BCUT2D eigenvalue weighted by atomic mass is 19.1. The highest BCUT2D eigenvalue weighted by Crippen LogP contribution is 2.26. The number of aromatic hydroxyl groups is 1. The molecule has 0 bridgehead atoms. The van der Waals surface area contributed by atoms with Crippen molar-refractivity contribution >= 4 is 5.91 Å². The number of nitrogens with one attached hydrogen (secondary N) is 1. The fourth-order valence-electron chi connectivity index (χ4n) is 1.59. The van der Waals surface area contributed by atoms with Crippen LogP contribution in [0, 0.1) is 5.82 Å². The highest BCUT2D eigenvalue weighted by Gasteiger charge is 2.28. The third-order valence-corrected chi connectivity index (χ3v) is 2.50. The Labute approximate surface area is 92.3 Å². The van der Waals surface area contributed by atoms with E-state index in [-0.39, 0.29) is 11.8 Å². The van der Waals surface area contributed by atoms with Crippen molar-refractivity contribution in [3.05, 3.63) is 29.6 Å². The maximum Gasteiger partial charge on any atom is 0.239 e. The van der Waals surface area contributed by atoms with Crippen LogP contribution >= 0.6 is 0 Å². The van der Waals surface area contributed by atoms with Crippen LogP contribution in [0.4, 0.5) is 4.39 Å². The number of benzene rings is 1. The number of phenols is 1. The molecule has 1 aliphatic carbocycles. The Hall–Kier alpha value is -1.62. The Morgan fingerprint density at radius 2 is 2.19 bits per heavy atom. The number of carbonyl (C=O) groups is 1. The maximum atomic E-state index is 13.1. The van der Waals surface area contributed by atoms with Crippen molar-refractivity contribution in [3.63, 3.8) is 0 Å². The molecule has 1 aromatic rings. The maximum absolute atomic E-state index is 13.1. The van der Waals surface area contributed by atoms with Crippen LogP contribution < -0.4 is 11.1 Å².